The summed E-state index contributed by atoms with van der Waals surface area (Å²) < 4.78 is 0. The second-order valence-electron chi connectivity index (χ2n) is 5.72. The number of carbonyl (C=O) groups excluding carboxylic acids is 2. The number of nitrogens with zero attached hydrogens (tertiary/aromatic N) is 1. The molecule has 0 radical (unpaired) electrons. The van der Waals surface area contributed by atoms with E-state index in [-0.39, 0.29) is 24.4 Å². The number of hydrogen-bond acceptors (Lipinski definition) is 2. The van der Waals surface area contributed by atoms with Crippen molar-refractivity contribution in [2.45, 2.75) is 56.5 Å². The minimum atomic E-state index is -0.573. The molecule has 2 amide bonds. The standard InChI is InChI=1S/C14H20N2O2/c17-12-10-16(11-6-2-3-7-11)13(18)14(15-12)8-4-1-5-9-14/h2-3,11H,1,4-10H2,(H,15,17). The van der Waals surface area contributed by atoms with E-state index in [0.29, 0.717) is 0 Å². The SMILES string of the molecule is O=C1CN(C2CC=CC2)C(=O)C2(CCCCC2)N1. The maximum atomic E-state index is 12.7. The Morgan fingerprint density at radius 3 is 2.44 bits per heavy atom. The molecule has 3 aliphatic rings. The fourth-order valence-electron chi connectivity index (χ4n) is 3.51. The van der Waals surface area contributed by atoms with Gasteiger partial charge in [0.15, 0.2) is 0 Å². The summed E-state index contributed by atoms with van der Waals surface area (Å²) >= 11 is 0. The van der Waals surface area contributed by atoms with Crippen LogP contribution in [0.3, 0.4) is 0 Å². The first kappa shape index (κ1) is 11.8. The smallest absolute Gasteiger partial charge is 0.249 e. The first-order chi connectivity index (χ1) is 8.71. The topological polar surface area (TPSA) is 49.4 Å². The third-order valence-electron chi connectivity index (χ3n) is 4.49. The van der Waals surface area contributed by atoms with Gasteiger partial charge in [0.05, 0.1) is 6.54 Å². The summed E-state index contributed by atoms with van der Waals surface area (Å²) in [4.78, 5) is 26.5. The van der Waals surface area contributed by atoms with Crippen LogP contribution in [0.15, 0.2) is 12.2 Å². The van der Waals surface area contributed by atoms with Crippen molar-refractivity contribution in [2.24, 2.45) is 0 Å². The van der Waals surface area contributed by atoms with Gasteiger partial charge in [-0.1, -0.05) is 31.4 Å². The molecule has 1 heterocycles. The van der Waals surface area contributed by atoms with Gasteiger partial charge in [-0.2, -0.15) is 0 Å². The highest BCUT2D eigenvalue weighted by atomic mass is 16.2. The van der Waals surface area contributed by atoms with Crippen LogP contribution in [0.4, 0.5) is 0 Å². The largest absolute Gasteiger partial charge is 0.340 e. The molecule has 3 rings (SSSR count). The van der Waals surface area contributed by atoms with E-state index in [1.807, 2.05) is 4.90 Å². The number of amides is 2. The fraction of sp³-hybridized carbons (Fsp3) is 0.714. The van der Waals surface area contributed by atoms with E-state index in [0.717, 1.165) is 38.5 Å². The second-order valence-corrected chi connectivity index (χ2v) is 5.72. The highest BCUT2D eigenvalue weighted by Gasteiger charge is 2.48. The summed E-state index contributed by atoms with van der Waals surface area (Å²) in [5, 5.41) is 2.98. The summed E-state index contributed by atoms with van der Waals surface area (Å²) in [7, 11) is 0. The van der Waals surface area contributed by atoms with Crippen LogP contribution in [0, 0.1) is 0 Å². The number of rotatable bonds is 1. The Hall–Kier alpha value is -1.32. The molecule has 0 atom stereocenters. The van der Waals surface area contributed by atoms with E-state index in [9.17, 15) is 9.59 Å². The Bertz CT molecular complexity index is 389. The van der Waals surface area contributed by atoms with Crippen LogP contribution >= 0.6 is 0 Å². The Labute approximate surface area is 107 Å². The maximum Gasteiger partial charge on any atom is 0.249 e. The van der Waals surface area contributed by atoms with E-state index < -0.39 is 5.54 Å². The first-order valence-electron chi connectivity index (χ1n) is 6.98. The first-order valence-corrected chi connectivity index (χ1v) is 6.98. The average molecular weight is 248 g/mol. The number of nitrogens with one attached hydrogen (secondary N) is 1. The van der Waals surface area contributed by atoms with Crippen molar-refractivity contribution in [1.82, 2.24) is 10.2 Å². The Kier molecular flexibility index (Phi) is 2.88. The highest BCUT2D eigenvalue weighted by molar-refractivity contribution is 5.98. The average Bonchev–Trinajstić information content (AvgIpc) is 2.89. The van der Waals surface area contributed by atoms with Crippen molar-refractivity contribution >= 4 is 11.8 Å². The van der Waals surface area contributed by atoms with Gasteiger partial charge in [0, 0.05) is 6.04 Å². The van der Waals surface area contributed by atoms with Gasteiger partial charge in [0.25, 0.3) is 0 Å². The van der Waals surface area contributed by atoms with Crippen LogP contribution in [0.1, 0.15) is 44.9 Å². The summed E-state index contributed by atoms with van der Waals surface area (Å²) in [6, 6.07) is 0.211. The zero-order valence-electron chi connectivity index (χ0n) is 10.7. The quantitative estimate of drug-likeness (QED) is 0.712. The van der Waals surface area contributed by atoms with Crippen molar-refractivity contribution < 1.29 is 9.59 Å². The van der Waals surface area contributed by atoms with Gasteiger partial charge in [-0.15, -0.1) is 0 Å². The Balaban J connectivity index is 1.83. The van der Waals surface area contributed by atoms with Crippen molar-refractivity contribution in [3.63, 3.8) is 0 Å². The molecule has 2 fully saturated rings. The van der Waals surface area contributed by atoms with E-state index in [2.05, 4.69) is 17.5 Å². The molecular formula is C14H20N2O2. The molecule has 0 aromatic heterocycles. The van der Waals surface area contributed by atoms with Crippen LogP contribution < -0.4 is 5.32 Å². The summed E-state index contributed by atoms with van der Waals surface area (Å²) in [6.07, 6.45) is 10.9. The molecule has 0 aromatic rings. The van der Waals surface area contributed by atoms with Gasteiger partial charge in [0.2, 0.25) is 11.8 Å². The minimum Gasteiger partial charge on any atom is -0.340 e. The molecule has 4 nitrogen and oxygen atoms in total. The zero-order chi connectivity index (χ0) is 12.6. The van der Waals surface area contributed by atoms with Crippen LogP contribution in [0.5, 0.6) is 0 Å². The van der Waals surface area contributed by atoms with Gasteiger partial charge >= 0.3 is 0 Å². The normalized spacial score (nSPS) is 27.9. The molecule has 2 aliphatic carbocycles. The van der Waals surface area contributed by atoms with Crippen LogP contribution in [0.2, 0.25) is 0 Å². The van der Waals surface area contributed by atoms with E-state index in [4.69, 9.17) is 0 Å². The molecule has 4 heteroatoms. The third kappa shape index (κ3) is 1.84. The molecule has 1 aliphatic heterocycles. The third-order valence-corrected chi connectivity index (χ3v) is 4.49. The predicted molar refractivity (Wildman–Crippen MR) is 67.8 cm³/mol. The van der Waals surface area contributed by atoms with Gasteiger partial charge in [-0.25, -0.2) is 0 Å². The van der Waals surface area contributed by atoms with Gasteiger partial charge in [0.1, 0.15) is 5.54 Å². The van der Waals surface area contributed by atoms with E-state index in [1.165, 1.54) is 6.42 Å². The van der Waals surface area contributed by atoms with Crippen molar-refractivity contribution in [1.29, 1.82) is 0 Å². The van der Waals surface area contributed by atoms with E-state index >= 15 is 0 Å². The molecule has 98 valence electrons. The summed E-state index contributed by atoms with van der Waals surface area (Å²) in [5.74, 6) is 0.180. The lowest BCUT2D eigenvalue weighted by atomic mass is 9.79. The summed E-state index contributed by atoms with van der Waals surface area (Å²) in [5.41, 5.74) is -0.573. The van der Waals surface area contributed by atoms with Gasteiger partial charge in [-0.05, 0) is 25.7 Å². The number of hydrogen-bond donors (Lipinski definition) is 1. The minimum absolute atomic E-state index is 0.0170. The summed E-state index contributed by atoms with van der Waals surface area (Å²) in [6.45, 7) is 0.243. The zero-order valence-corrected chi connectivity index (χ0v) is 10.7. The van der Waals surface area contributed by atoms with Crippen molar-refractivity contribution in [3.05, 3.63) is 12.2 Å². The Morgan fingerprint density at radius 1 is 1.11 bits per heavy atom. The molecule has 18 heavy (non-hydrogen) atoms. The molecule has 0 unspecified atom stereocenters. The molecular weight excluding hydrogens is 228 g/mol. The van der Waals surface area contributed by atoms with Gasteiger partial charge in [-0.3, -0.25) is 9.59 Å². The second kappa shape index (κ2) is 4.41. The molecule has 0 bridgehead atoms. The molecule has 1 spiro atoms. The molecule has 0 aromatic carbocycles. The Morgan fingerprint density at radius 2 is 1.78 bits per heavy atom. The van der Waals surface area contributed by atoms with Gasteiger partial charge < -0.3 is 10.2 Å². The lowest BCUT2D eigenvalue weighted by molar-refractivity contribution is -0.153. The van der Waals surface area contributed by atoms with Crippen molar-refractivity contribution in [3.8, 4) is 0 Å². The lowest BCUT2D eigenvalue weighted by Crippen LogP contribution is -2.68. The molecule has 1 N–H and O–H groups in total. The van der Waals surface area contributed by atoms with Crippen molar-refractivity contribution in [2.75, 3.05) is 6.54 Å². The van der Waals surface area contributed by atoms with Crippen LogP contribution in [-0.2, 0) is 9.59 Å². The lowest BCUT2D eigenvalue weighted by Gasteiger charge is -2.46. The highest BCUT2D eigenvalue weighted by Crippen LogP contribution is 2.33. The maximum absolute atomic E-state index is 12.7. The molecule has 1 saturated heterocycles. The fourth-order valence-corrected chi connectivity index (χ4v) is 3.51. The monoisotopic (exact) mass is 248 g/mol. The molecule has 1 saturated carbocycles. The number of carbonyl (C=O) groups is 2. The van der Waals surface area contributed by atoms with Crippen LogP contribution in [-0.4, -0.2) is 34.8 Å². The predicted octanol–water partition coefficient (Wildman–Crippen LogP) is 1.37. The number of piperazine rings is 1. The van der Waals surface area contributed by atoms with Crippen LogP contribution in [0.25, 0.3) is 0 Å². The van der Waals surface area contributed by atoms with E-state index in [1.54, 1.807) is 0 Å².